The molecule has 12 aromatic rings. The standard InChI is InChI=1S/C56H36N2O/c1-3-19-39(20-4-1)57(51-33-37-17-7-9-23-42(37)44-25-11-13-27-46(44)51)41-31-32-50-54(35-41)59-55-36-53(48-29-15-16-30-49(48)56(50)55)58(40-21-5-2-6-22-40)52-34-38-18-8-10-24-43(38)45-26-12-14-28-47(45)52/h1-36H. The minimum Gasteiger partial charge on any atom is -0.456 e. The lowest BCUT2D eigenvalue weighted by Crippen LogP contribution is -2.11. The van der Waals surface area contributed by atoms with Crippen molar-refractivity contribution < 1.29 is 4.42 Å². The lowest BCUT2D eigenvalue weighted by atomic mass is 9.97. The predicted molar refractivity (Wildman–Crippen MR) is 251 cm³/mol. The largest absolute Gasteiger partial charge is 0.456 e. The number of para-hydroxylation sites is 2. The fourth-order valence-corrected chi connectivity index (χ4v) is 9.36. The maximum atomic E-state index is 7.05. The highest BCUT2D eigenvalue weighted by Crippen LogP contribution is 2.49. The monoisotopic (exact) mass is 752 g/mol. The van der Waals surface area contributed by atoms with Gasteiger partial charge in [-0.05, 0) is 86.2 Å². The molecule has 0 atom stereocenters. The van der Waals surface area contributed by atoms with E-state index >= 15 is 0 Å². The van der Waals surface area contributed by atoms with Gasteiger partial charge in [-0.2, -0.15) is 0 Å². The van der Waals surface area contributed by atoms with Crippen molar-refractivity contribution in [3.05, 3.63) is 218 Å². The first-order valence-electron chi connectivity index (χ1n) is 20.2. The zero-order valence-electron chi connectivity index (χ0n) is 32.1. The molecular weight excluding hydrogens is 717 g/mol. The lowest BCUT2D eigenvalue weighted by Gasteiger charge is -2.28. The zero-order chi connectivity index (χ0) is 38.9. The number of furan rings is 1. The highest BCUT2D eigenvalue weighted by atomic mass is 16.3. The molecule has 0 radical (unpaired) electrons. The Morgan fingerprint density at radius 3 is 1.25 bits per heavy atom. The quantitative estimate of drug-likeness (QED) is 0.158. The first-order chi connectivity index (χ1) is 29.3. The molecule has 0 amide bonds. The molecule has 1 aromatic heterocycles. The third kappa shape index (κ3) is 5.29. The molecule has 0 unspecified atom stereocenters. The zero-order valence-corrected chi connectivity index (χ0v) is 32.1. The van der Waals surface area contributed by atoms with Crippen molar-refractivity contribution >= 4 is 110 Å². The fourth-order valence-electron chi connectivity index (χ4n) is 9.36. The Balaban J connectivity index is 1.11. The smallest absolute Gasteiger partial charge is 0.138 e. The molecular formula is C56H36N2O. The summed E-state index contributed by atoms with van der Waals surface area (Å²) >= 11 is 0. The van der Waals surface area contributed by atoms with Crippen molar-refractivity contribution in [1.82, 2.24) is 0 Å². The Morgan fingerprint density at radius 1 is 0.254 bits per heavy atom. The summed E-state index contributed by atoms with van der Waals surface area (Å²) in [5.41, 5.74) is 8.18. The summed E-state index contributed by atoms with van der Waals surface area (Å²) in [6, 6.07) is 78.6. The summed E-state index contributed by atoms with van der Waals surface area (Å²) in [5, 5.41) is 14.2. The Bertz CT molecular complexity index is 3570. The molecule has 0 aliphatic carbocycles. The van der Waals surface area contributed by atoms with E-state index in [1.165, 1.54) is 43.1 Å². The molecule has 59 heavy (non-hydrogen) atoms. The first kappa shape index (κ1) is 33.3. The molecule has 3 nitrogen and oxygen atoms in total. The summed E-state index contributed by atoms with van der Waals surface area (Å²) in [5.74, 6) is 0. The maximum absolute atomic E-state index is 7.05. The van der Waals surface area contributed by atoms with E-state index in [1.807, 2.05) is 0 Å². The van der Waals surface area contributed by atoms with E-state index in [4.69, 9.17) is 4.42 Å². The normalized spacial score (nSPS) is 11.7. The second-order valence-electron chi connectivity index (χ2n) is 15.3. The van der Waals surface area contributed by atoms with Crippen LogP contribution in [-0.2, 0) is 0 Å². The van der Waals surface area contributed by atoms with Gasteiger partial charge in [-0.25, -0.2) is 0 Å². The number of rotatable bonds is 6. The van der Waals surface area contributed by atoms with Crippen LogP contribution >= 0.6 is 0 Å². The third-order valence-electron chi connectivity index (χ3n) is 11.9. The van der Waals surface area contributed by atoms with Crippen molar-refractivity contribution in [2.75, 3.05) is 9.80 Å². The van der Waals surface area contributed by atoms with E-state index in [0.29, 0.717) is 0 Å². The minimum atomic E-state index is 0.841. The predicted octanol–water partition coefficient (Wildman–Crippen LogP) is 16.3. The minimum absolute atomic E-state index is 0.841. The van der Waals surface area contributed by atoms with Gasteiger partial charge in [0.25, 0.3) is 0 Å². The molecule has 0 saturated carbocycles. The SMILES string of the molecule is c1ccc(N(c2ccc3c(c2)oc2cc(N(c4ccccc4)c4cc5ccccc5c5ccccc45)c4ccccc4c23)c2cc3ccccc3c3ccccc23)cc1. The molecule has 0 aliphatic heterocycles. The van der Waals surface area contributed by atoms with Crippen LogP contribution in [0.5, 0.6) is 0 Å². The van der Waals surface area contributed by atoms with Crippen LogP contribution in [0.25, 0.3) is 75.8 Å². The summed E-state index contributed by atoms with van der Waals surface area (Å²) in [6.45, 7) is 0. The maximum Gasteiger partial charge on any atom is 0.138 e. The Kier molecular flexibility index (Phi) is 7.54. The fraction of sp³-hybridized carbons (Fsp3) is 0. The number of nitrogens with zero attached hydrogens (tertiary/aromatic N) is 2. The van der Waals surface area contributed by atoms with Gasteiger partial charge in [0, 0.05) is 56.1 Å². The molecule has 0 spiro atoms. The molecule has 0 saturated heterocycles. The van der Waals surface area contributed by atoms with Gasteiger partial charge in [0.05, 0.1) is 17.1 Å². The molecule has 11 aromatic carbocycles. The van der Waals surface area contributed by atoms with Crippen molar-refractivity contribution in [1.29, 1.82) is 0 Å². The van der Waals surface area contributed by atoms with Crippen LogP contribution in [0.3, 0.4) is 0 Å². The molecule has 1 heterocycles. The molecule has 0 aliphatic rings. The van der Waals surface area contributed by atoms with E-state index in [-0.39, 0.29) is 0 Å². The van der Waals surface area contributed by atoms with E-state index in [9.17, 15) is 0 Å². The summed E-state index contributed by atoms with van der Waals surface area (Å²) in [7, 11) is 0. The number of hydrogen-bond acceptors (Lipinski definition) is 3. The van der Waals surface area contributed by atoms with Gasteiger partial charge in [-0.1, -0.05) is 158 Å². The van der Waals surface area contributed by atoms with Crippen LogP contribution in [0.15, 0.2) is 223 Å². The highest BCUT2D eigenvalue weighted by molar-refractivity contribution is 6.24. The number of hydrogen-bond donors (Lipinski definition) is 0. The van der Waals surface area contributed by atoms with Crippen molar-refractivity contribution in [3.8, 4) is 0 Å². The molecule has 0 fully saturated rings. The van der Waals surface area contributed by atoms with Crippen LogP contribution in [0, 0.1) is 0 Å². The molecule has 3 heteroatoms. The molecule has 0 bridgehead atoms. The highest BCUT2D eigenvalue weighted by Gasteiger charge is 2.24. The molecule has 12 rings (SSSR count). The van der Waals surface area contributed by atoms with Crippen molar-refractivity contribution in [2.24, 2.45) is 0 Å². The number of anilines is 6. The second kappa shape index (κ2) is 13.4. The Labute approximate surface area is 341 Å². The molecule has 276 valence electrons. The topological polar surface area (TPSA) is 19.6 Å². The van der Waals surface area contributed by atoms with Crippen molar-refractivity contribution in [2.45, 2.75) is 0 Å². The molecule has 0 N–H and O–H groups in total. The van der Waals surface area contributed by atoms with Crippen LogP contribution in [0.4, 0.5) is 34.1 Å². The first-order valence-corrected chi connectivity index (χ1v) is 20.2. The van der Waals surface area contributed by atoms with E-state index in [1.54, 1.807) is 0 Å². The van der Waals surface area contributed by atoms with Gasteiger partial charge < -0.3 is 14.2 Å². The van der Waals surface area contributed by atoms with Crippen LogP contribution in [-0.4, -0.2) is 0 Å². The number of benzene rings is 11. The second-order valence-corrected chi connectivity index (χ2v) is 15.3. The average molecular weight is 753 g/mol. The lowest BCUT2D eigenvalue weighted by molar-refractivity contribution is 0.669. The van der Waals surface area contributed by atoms with Gasteiger partial charge in [-0.15, -0.1) is 0 Å². The van der Waals surface area contributed by atoms with E-state index in [2.05, 4.69) is 228 Å². The van der Waals surface area contributed by atoms with Gasteiger partial charge in [0.1, 0.15) is 11.2 Å². The van der Waals surface area contributed by atoms with Crippen molar-refractivity contribution in [3.63, 3.8) is 0 Å². The van der Waals surface area contributed by atoms with Gasteiger partial charge in [0.2, 0.25) is 0 Å². The third-order valence-corrected chi connectivity index (χ3v) is 11.9. The summed E-state index contributed by atoms with van der Waals surface area (Å²) in [6.07, 6.45) is 0. The van der Waals surface area contributed by atoms with Gasteiger partial charge in [-0.3, -0.25) is 0 Å². The average Bonchev–Trinajstić information content (AvgIpc) is 3.68. The van der Waals surface area contributed by atoms with E-state index in [0.717, 1.165) is 66.8 Å². The summed E-state index contributed by atoms with van der Waals surface area (Å²) in [4.78, 5) is 4.78. The van der Waals surface area contributed by atoms with E-state index < -0.39 is 0 Å². The number of fused-ring (bicyclic) bond motifs is 11. The Morgan fingerprint density at radius 2 is 0.678 bits per heavy atom. The van der Waals surface area contributed by atoms with Gasteiger partial charge >= 0.3 is 0 Å². The van der Waals surface area contributed by atoms with Crippen LogP contribution in [0.1, 0.15) is 0 Å². The summed E-state index contributed by atoms with van der Waals surface area (Å²) < 4.78 is 7.05. The van der Waals surface area contributed by atoms with Crippen LogP contribution in [0.2, 0.25) is 0 Å². The van der Waals surface area contributed by atoms with Crippen LogP contribution < -0.4 is 9.80 Å². The van der Waals surface area contributed by atoms with Gasteiger partial charge in [0.15, 0.2) is 0 Å². The Hall–Kier alpha value is -7.88.